The van der Waals surface area contributed by atoms with E-state index in [2.05, 4.69) is 5.32 Å². The molecule has 0 radical (unpaired) electrons. The van der Waals surface area contributed by atoms with Crippen LogP contribution in [-0.4, -0.2) is 31.4 Å². The Hall–Kier alpha value is -1.56. The average molecular weight is 414 g/mol. The maximum Gasteiger partial charge on any atom is 0.230 e. The van der Waals surface area contributed by atoms with Gasteiger partial charge in [-0.3, -0.25) is 4.79 Å². The second kappa shape index (κ2) is 10.6. The van der Waals surface area contributed by atoms with Crippen LogP contribution in [0.5, 0.6) is 11.5 Å². The fourth-order valence-electron chi connectivity index (χ4n) is 2.17. The maximum absolute atomic E-state index is 12.0. The predicted molar refractivity (Wildman–Crippen MR) is 109 cm³/mol. The molecule has 0 aromatic heterocycles. The number of hydrogen-bond acceptors (Lipinski definition) is 4. The molecule has 0 heterocycles. The Morgan fingerprint density at radius 1 is 1.12 bits per heavy atom. The lowest BCUT2D eigenvalue weighted by molar-refractivity contribution is -0.119. The molecule has 1 atom stereocenters. The molecule has 0 saturated carbocycles. The first-order valence-corrected chi connectivity index (χ1v) is 9.97. The first kappa shape index (κ1) is 20.7. The van der Waals surface area contributed by atoms with Crippen molar-refractivity contribution in [1.29, 1.82) is 0 Å². The van der Waals surface area contributed by atoms with E-state index in [4.69, 9.17) is 32.7 Å². The van der Waals surface area contributed by atoms with Gasteiger partial charge in [-0.05, 0) is 48.9 Å². The number of amides is 1. The van der Waals surface area contributed by atoms with Crippen molar-refractivity contribution in [2.75, 3.05) is 19.5 Å². The van der Waals surface area contributed by atoms with Gasteiger partial charge in [0.25, 0.3) is 0 Å². The van der Waals surface area contributed by atoms with E-state index in [0.29, 0.717) is 28.2 Å². The molecular formula is C19H21Cl2NO3S. The van der Waals surface area contributed by atoms with Gasteiger partial charge in [-0.25, -0.2) is 0 Å². The summed E-state index contributed by atoms with van der Waals surface area (Å²) in [5.74, 6) is 2.37. The van der Waals surface area contributed by atoms with Gasteiger partial charge in [-0.2, -0.15) is 0 Å². The Morgan fingerprint density at radius 3 is 2.35 bits per heavy atom. The summed E-state index contributed by atoms with van der Waals surface area (Å²) in [4.78, 5) is 12.0. The summed E-state index contributed by atoms with van der Waals surface area (Å²) in [5, 5.41) is 4.15. The maximum atomic E-state index is 12.0. The molecule has 0 aliphatic rings. The predicted octanol–water partition coefficient (Wildman–Crippen LogP) is 4.82. The third kappa shape index (κ3) is 6.63. The van der Waals surface area contributed by atoms with Crippen LogP contribution < -0.4 is 14.8 Å². The van der Waals surface area contributed by atoms with Gasteiger partial charge in [-0.1, -0.05) is 29.3 Å². The zero-order valence-electron chi connectivity index (χ0n) is 14.6. The van der Waals surface area contributed by atoms with Crippen molar-refractivity contribution < 1.29 is 14.3 Å². The van der Waals surface area contributed by atoms with Crippen molar-refractivity contribution in [2.45, 2.75) is 18.7 Å². The van der Waals surface area contributed by atoms with E-state index in [1.54, 1.807) is 25.3 Å². The van der Waals surface area contributed by atoms with Crippen LogP contribution >= 0.6 is 35.0 Å². The molecule has 0 aliphatic carbocycles. The van der Waals surface area contributed by atoms with E-state index < -0.39 is 0 Å². The Labute approximate surface area is 168 Å². The van der Waals surface area contributed by atoms with Crippen molar-refractivity contribution in [1.82, 2.24) is 5.32 Å². The van der Waals surface area contributed by atoms with Crippen LogP contribution in [0.4, 0.5) is 0 Å². The molecule has 4 nitrogen and oxygen atoms in total. The molecule has 2 aromatic rings. The number of carbonyl (C=O) groups excluding carboxylic acids is 1. The van der Waals surface area contributed by atoms with E-state index >= 15 is 0 Å². The molecule has 2 aromatic carbocycles. The molecule has 2 rings (SSSR count). The molecule has 0 aliphatic heterocycles. The number of nitrogens with one attached hydrogen (secondary N) is 1. The molecule has 0 spiro atoms. The lowest BCUT2D eigenvalue weighted by atomic mass is 10.2. The van der Waals surface area contributed by atoms with E-state index in [-0.39, 0.29) is 11.9 Å². The summed E-state index contributed by atoms with van der Waals surface area (Å²) in [6.45, 7) is 2.29. The number of methoxy groups -OCH3 is 1. The first-order valence-electron chi connectivity index (χ1n) is 8.06. The SMILES string of the molecule is COc1ccc(OC[C@@H](C)NC(=O)CSCc2c(Cl)cccc2Cl)cc1. The number of ether oxygens (including phenoxy) is 2. The van der Waals surface area contributed by atoms with E-state index in [9.17, 15) is 4.79 Å². The normalized spacial score (nSPS) is 11.7. The molecule has 0 saturated heterocycles. The highest BCUT2D eigenvalue weighted by Crippen LogP contribution is 2.28. The molecule has 1 N–H and O–H groups in total. The molecule has 0 unspecified atom stereocenters. The highest BCUT2D eigenvalue weighted by atomic mass is 35.5. The number of hydrogen-bond donors (Lipinski definition) is 1. The molecule has 0 bridgehead atoms. The molecule has 26 heavy (non-hydrogen) atoms. The number of rotatable bonds is 9. The average Bonchev–Trinajstić information content (AvgIpc) is 2.63. The Morgan fingerprint density at radius 2 is 1.73 bits per heavy atom. The Balaban J connectivity index is 1.69. The smallest absolute Gasteiger partial charge is 0.230 e. The van der Waals surface area contributed by atoms with Crippen molar-refractivity contribution in [3.63, 3.8) is 0 Å². The van der Waals surface area contributed by atoms with Gasteiger partial charge in [0.1, 0.15) is 18.1 Å². The fraction of sp³-hybridized carbons (Fsp3) is 0.316. The molecule has 0 fully saturated rings. The Kier molecular flexibility index (Phi) is 8.42. The third-order valence-electron chi connectivity index (χ3n) is 3.51. The summed E-state index contributed by atoms with van der Waals surface area (Å²) in [6, 6.07) is 12.6. The van der Waals surface area contributed by atoms with Crippen LogP contribution in [0.2, 0.25) is 10.0 Å². The number of halogens is 2. The first-order chi connectivity index (χ1) is 12.5. The topological polar surface area (TPSA) is 47.6 Å². The minimum absolute atomic E-state index is 0.0518. The molecule has 7 heteroatoms. The van der Waals surface area contributed by atoms with E-state index in [1.165, 1.54) is 11.8 Å². The minimum atomic E-state index is -0.103. The van der Waals surface area contributed by atoms with Gasteiger partial charge in [0, 0.05) is 15.8 Å². The largest absolute Gasteiger partial charge is 0.497 e. The lowest BCUT2D eigenvalue weighted by Crippen LogP contribution is -2.37. The van der Waals surface area contributed by atoms with Crippen LogP contribution in [0, 0.1) is 0 Å². The van der Waals surface area contributed by atoms with E-state index in [0.717, 1.165) is 17.1 Å². The summed E-state index contributed by atoms with van der Waals surface area (Å²) in [7, 11) is 1.62. The zero-order chi connectivity index (χ0) is 18.9. The lowest BCUT2D eigenvalue weighted by Gasteiger charge is -2.15. The van der Waals surface area contributed by atoms with Crippen LogP contribution in [0.1, 0.15) is 12.5 Å². The van der Waals surface area contributed by atoms with Crippen molar-refractivity contribution >= 4 is 40.9 Å². The third-order valence-corrected chi connectivity index (χ3v) is 5.18. The standard InChI is InChI=1S/C19H21Cl2NO3S/c1-13(10-25-15-8-6-14(24-2)7-9-15)22-19(23)12-26-11-16-17(20)4-3-5-18(16)21/h3-9,13H,10-12H2,1-2H3,(H,22,23)/t13-/m1/s1. The second-order valence-electron chi connectivity index (χ2n) is 5.65. The van der Waals surface area contributed by atoms with Crippen molar-refractivity contribution in [3.05, 3.63) is 58.1 Å². The molecule has 140 valence electrons. The van der Waals surface area contributed by atoms with Crippen molar-refractivity contribution in [3.8, 4) is 11.5 Å². The fourth-order valence-corrected chi connectivity index (χ4v) is 3.74. The number of benzene rings is 2. The summed E-state index contributed by atoms with van der Waals surface area (Å²) in [6.07, 6.45) is 0. The van der Waals surface area contributed by atoms with Gasteiger partial charge in [0.05, 0.1) is 18.9 Å². The summed E-state index contributed by atoms with van der Waals surface area (Å²) >= 11 is 13.7. The molecular weight excluding hydrogens is 393 g/mol. The zero-order valence-corrected chi connectivity index (χ0v) is 17.0. The van der Waals surface area contributed by atoms with Gasteiger partial charge in [0.15, 0.2) is 0 Å². The highest BCUT2D eigenvalue weighted by Gasteiger charge is 2.10. The highest BCUT2D eigenvalue weighted by molar-refractivity contribution is 7.99. The van der Waals surface area contributed by atoms with Gasteiger partial charge in [0.2, 0.25) is 5.91 Å². The quantitative estimate of drug-likeness (QED) is 0.639. The van der Waals surface area contributed by atoms with Crippen LogP contribution in [-0.2, 0) is 10.5 Å². The second-order valence-corrected chi connectivity index (χ2v) is 7.45. The van der Waals surface area contributed by atoms with E-state index in [1.807, 2.05) is 31.2 Å². The number of carbonyl (C=O) groups is 1. The monoisotopic (exact) mass is 413 g/mol. The summed E-state index contributed by atoms with van der Waals surface area (Å²) in [5.41, 5.74) is 0.851. The summed E-state index contributed by atoms with van der Waals surface area (Å²) < 4.78 is 10.8. The van der Waals surface area contributed by atoms with Gasteiger partial charge >= 0.3 is 0 Å². The van der Waals surface area contributed by atoms with Gasteiger partial charge in [-0.15, -0.1) is 11.8 Å². The number of thioether (sulfide) groups is 1. The van der Waals surface area contributed by atoms with Gasteiger partial charge < -0.3 is 14.8 Å². The van der Waals surface area contributed by atoms with Crippen LogP contribution in [0.15, 0.2) is 42.5 Å². The Bertz CT molecular complexity index is 705. The minimum Gasteiger partial charge on any atom is -0.497 e. The van der Waals surface area contributed by atoms with Crippen molar-refractivity contribution in [2.24, 2.45) is 0 Å². The van der Waals surface area contributed by atoms with Crippen LogP contribution in [0.3, 0.4) is 0 Å². The molecule has 1 amide bonds. The van der Waals surface area contributed by atoms with Crippen LogP contribution in [0.25, 0.3) is 0 Å².